The monoisotopic (exact) mass is 338 g/mol. The number of methoxy groups -OCH3 is 1. The minimum absolute atomic E-state index is 0.590. The van der Waals surface area contributed by atoms with Crippen LogP contribution in [-0.4, -0.2) is 75.8 Å². The SMILES string of the molecule is CN=C(NCC1CCCN1CCOC)N(C)CCc1cccs1. The summed E-state index contributed by atoms with van der Waals surface area (Å²) >= 11 is 1.82. The van der Waals surface area contributed by atoms with E-state index in [9.17, 15) is 0 Å². The normalized spacial score (nSPS) is 19.3. The fourth-order valence-electron chi connectivity index (χ4n) is 3.06. The maximum Gasteiger partial charge on any atom is 0.193 e. The third-order valence-corrected chi connectivity index (χ3v) is 5.36. The van der Waals surface area contributed by atoms with Crippen LogP contribution < -0.4 is 5.32 Å². The van der Waals surface area contributed by atoms with E-state index in [1.165, 1.54) is 24.3 Å². The maximum absolute atomic E-state index is 5.21. The standard InChI is InChI=1S/C17H30N4OS/c1-18-17(20(2)10-8-16-7-5-13-23-16)19-14-15-6-4-9-21(15)11-12-22-3/h5,7,13,15H,4,6,8-12,14H2,1-3H3,(H,18,19). The van der Waals surface area contributed by atoms with E-state index in [-0.39, 0.29) is 0 Å². The molecule has 0 bridgehead atoms. The van der Waals surface area contributed by atoms with Gasteiger partial charge in [0.15, 0.2) is 5.96 Å². The molecule has 130 valence electrons. The summed E-state index contributed by atoms with van der Waals surface area (Å²) in [6.45, 7) is 4.96. The summed E-state index contributed by atoms with van der Waals surface area (Å²) in [5.74, 6) is 0.986. The number of rotatable bonds is 8. The second kappa shape index (κ2) is 9.90. The Kier molecular flexibility index (Phi) is 7.85. The Morgan fingerprint density at radius 1 is 1.57 bits per heavy atom. The maximum atomic E-state index is 5.21. The van der Waals surface area contributed by atoms with Crippen LogP contribution in [0.1, 0.15) is 17.7 Å². The third kappa shape index (κ3) is 5.79. The molecule has 1 aliphatic rings. The molecule has 0 amide bonds. The molecule has 0 radical (unpaired) electrons. The molecule has 1 atom stereocenters. The quantitative estimate of drug-likeness (QED) is 0.581. The van der Waals surface area contributed by atoms with Gasteiger partial charge in [0.1, 0.15) is 0 Å². The summed E-state index contributed by atoms with van der Waals surface area (Å²) < 4.78 is 5.21. The van der Waals surface area contributed by atoms with Crippen LogP contribution in [0.2, 0.25) is 0 Å². The van der Waals surface area contributed by atoms with Gasteiger partial charge in [0, 0.05) is 51.8 Å². The zero-order chi connectivity index (χ0) is 16.5. The molecule has 0 spiro atoms. The van der Waals surface area contributed by atoms with E-state index >= 15 is 0 Å². The van der Waals surface area contributed by atoms with E-state index < -0.39 is 0 Å². The molecule has 23 heavy (non-hydrogen) atoms. The fourth-order valence-corrected chi connectivity index (χ4v) is 3.76. The van der Waals surface area contributed by atoms with Crippen molar-refractivity contribution >= 4 is 17.3 Å². The van der Waals surface area contributed by atoms with E-state index in [2.05, 4.69) is 44.7 Å². The Morgan fingerprint density at radius 3 is 3.13 bits per heavy atom. The molecule has 1 fully saturated rings. The molecule has 1 aliphatic heterocycles. The molecule has 5 nitrogen and oxygen atoms in total. The van der Waals surface area contributed by atoms with Gasteiger partial charge in [-0.25, -0.2) is 0 Å². The Balaban J connectivity index is 1.75. The average Bonchev–Trinajstić information content (AvgIpc) is 3.23. The number of hydrogen-bond acceptors (Lipinski definition) is 4. The molecule has 1 saturated heterocycles. The molecular weight excluding hydrogens is 308 g/mol. The van der Waals surface area contributed by atoms with Gasteiger partial charge in [-0.1, -0.05) is 6.07 Å². The number of guanidine groups is 1. The van der Waals surface area contributed by atoms with Crippen LogP contribution in [0.3, 0.4) is 0 Å². The van der Waals surface area contributed by atoms with Crippen LogP contribution in [-0.2, 0) is 11.2 Å². The first-order valence-electron chi connectivity index (χ1n) is 8.41. The molecule has 2 heterocycles. The van der Waals surface area contributed by atoms with Crippen molar-refractivity contribution in [2.24, 2.45) is 4.99 Å². The summed E-state index contributed by atoms with van der Waals surface area (Å²) in [4.78, 5) is 10.6. The fraction of sp³-hybridized carbons (Fsp3) is 0.706. The van der Waals surface area contributed by atoms with E-state index in [1.807, 2.05) is 18.4 Å². The number of nitrogens with one attached hydrogen (secondary N) is 1. The second-order valence-electron chi connectivity index (χ2n) is 6.00. The van der Waals surface area contributed by atoms with E-state index in [0.29, 0.717) is 6.04 Å². The first-order chi connectivity index (χ1) is 11.2. The van der Waals surface area contributed by atoms with Crippen molar-refractivity contribution < 1.29 is 4.74 Å². The summed E-state index contributed by atoms with van der Waals surface area (Å²) in [5.41, 5.74) is 0. The van der Waals surface area contributed by atoms with Gasteiger partial charge in [0.2, 0.25) is 0 Å². The van der Waals surface area contributed by atoms with Crippen LogP contribution in [0, 0.1) is 0 Å². The molecule has 0 aromatic carbocycles. The Morgan fingerprint density at radius 2 is 2.43 bits per heavy atom. The molecule has 6 heteroatoms. The minimum atomic E-state index is 0.590. The smallest absolute Gasteiger partial charge is 0.193 e. The van der Waals surface area contributed by atoms with E-state index in [4.69, 9.17) is 4.74 Å². The number of nitrogens with zero attached hydrogens (tertiary/aromatic N) is 3. The molecule has 1 aromatic heterocycles. The van der Waals surface area contributed by atoms with Crippen molar-refractivity contribution in [2.45, 2.75) is 25.3 Å². The summed E-state index contributed by atoms with van der Waals surface area (Å²) in [5, 5.41) is 5.68. The molecule has 1 aromatic rings. The summed E-state index contributed by atoms with van der Waals surface area (Å²) in [7, 11) is 5.75. The van der Waals surface area contributed by atoms with Gasteiger partial charge < -0.3 is 15.0 Å². The lowest BCUT2D eigenvalue weighted by Gasteiger charge is -2.27. The highest BCUT2D eigenvalue weighted by molar-refractivity contribution is 7.09. The van der Waals surface area contributed by atoms with Gasteiger partial charge >= 0.3 is 0 Å². The molecule has 0 saturated carbocycles. The first kappa shape index (κ1) is 18.2. The number of aliphatic imine (C=N–C) groups is 1. The lowest BCUT2D eigenvalue weighted by Crippen LogP contribution is -2.46. The van der Waals surface area contributed by atoms with Crippen molar-refractivity contribution in [3.63, 3.8) is 0 Å². The van der Waals surface area contributed by atoms with Gasteiger partial charge in [0.05, 0.1) is 6.61 Å². The topological polar surface area (TPSA) is 40.1 Å². The summed E-state index contributed by atoms with van der Waals surface area (Å²) in [6, 6.07) is 4.90. The molecule has 1 unspecified atom stereocenters. The van der Waals surface area contributed by atoms with Crippen LogP contribution in [0.15, 0.2) is 22.5 Å². The third-order valence-electron chi connectivity index (χ3n) is 4.42. The van der Waals surface area contributed by atoms with E-state index in [0.717, 1.165) is 38.6 Å². The van der Waals surface area contributed by atoms with Crippen LogP contribution in [0.25, 0.3) is 0 Å². The van der Waals surface area contributed by atoms with Gasteiger partial charge in [-0.15, -0.1) is 11.3 Å². The van der Waals surface area contributed by atoms with Crippen molar-refractivity contribution in [3.05, 3.63) is 22.4 Å². The number of hydrogen-bond donors (Lipinski definition) is 1. The van der Waals surface area contributed by atoms with Crippen LogP contribution in [0.5, 0.6) is 0 Å². The van der Waals surface area contributed by atoms with Crippen molar-refractivity contribution in [3.8, 4) is 0 Å². The van der Waals surface area contributed by atoms with Gasteiger partial charge in [-0.3, -0.25) is 9.89 Å². The van der Waals surface area contributed by atoms with Crippen molar-refractivity contribution in [1.82, 2.24) is 15.1 Å². The highest BCUT2D eigenvalue weighted by Gasteiger charge is 2.24. The number of likely N-dealkylation sites (tertiary alicyclic amines) is 1. The largest absolute Gasteiger partial charge is 0.383 e. The molecule has 2 rings (SSSR count). The zero-order valence-corrected chi connectivity index (χ0v) is 15.4. The molecule has 1 N–H and O–H groups in total. The number of thiophene rings is 1. The van der Waals surface area contributed by atoms with Crippen LogP contribution >= 0.6 is 11.3 Å². The second-order valence-corrected chi connectivity index (χ2v) is 7.04. The predicted molar refractivity (Wildman–Crippen MR) is 98.5 cm³/mol. The lowest BCUT2D eigenvalue weighted by molar-refractivity contribution is 0.141. The van der Waals surface area contributed by atoms with Crippen LogP contribution in [0.4, 0.5) is 0 Å². The average molecular weight is 339 g/mol. The summed E-state index contributed by atoms with van der Waals surface area (Å²) in [6.07, 6.45) is 3.60. The minimum Gasteiger partial charge on any atom is -0.383 e. The predicted octanol–water partition coefficient (Wildman–Crippen LogP) is 1.91. The van der Waals surface area contributed by atoms with Gasteiger partial charge in [-0.2, -0.15) is 0 Å². The first-order valence-corrected chi connectivity index (χ1v) is 9.29. The lowest BCUT2D eigenvalue weighted by atomic mass is 10.2. The van der Waals surface area contributed by atoms with Gasteiger partial charge in [-0.05, 0) is 37.3 Å². The Hall–Kier alpha value is -1.11. The zero-order valence-electron chi connectivity index (χ0n) is 14.6. The molecule has 0 aliphatic carbocycles. The Labute approximate surface area is 144 Å². The van der Waals surface area contributed by atoms with Crippen molar-refractivity contribution in [1.29, 1.82) is 0 Å². The number of ether oxygens (including phenoxy) is 1. The highest BCUT2D eigenvalue weighted by Crippen LogP contribution is 2.16. The number of likely N-dealkylation sites (N-methyl/N-ethyl adjacent to an activating group) is 1. The van der Waals surface area contributed by atoms with Crippen molar-refractivity contribution in [2.75, 3.05) is 54.0 Å². The van der Waals surface area contributed by atoms with E-state index in [1.54, 1.807) is 7.11 Å². The molecular formula is C17H30N4OS. The Bertz CT molecular complexity index is 463. The highest BCUT2D eigenvalue weighted by atomic mass is 32.1. The van der Waals surface area contributed by atoms with Gasteiger partial charge in [0.25, 0.3) is 0 Å².